The van der Waals surface area contributed by atoms with Gasteiger partial charge >= 0.3 is 0 Å². The van der Waals surface area contributed by atoms with E-state index in [1.54, 1.807) is 0 Å². The standard InChI is InChI=1S/C22H35FO/c1-14(2)19-6-7-20-18-5-4-15-12-22(24,13-23)11-9-16(15)17(18)8-10-21(19,20)3/h15-20,24H,1,4-13H2,2-3H3/t15-,16+,17-,18-,19-,20+,21-,22-/m1/s1. The normalized spacial score (nSPS) is 53.8. The second-order valence-corrected chi connectivity index (χ2v) is 10.1. The second-order valence-electron chi connectivity index (χ2n) is 10.1. The molecule has 0 heterocycles. The maximum absolute atomic E-state index is 13.2. The molecule has 24 heavy (non-hydrogen) atoms. The van der Waals surface area contributed by atoms with E-state index in [4.69, 9.17) is 0 Å². The summed E-state index contributed by atoms with van der Waals surface area (Å²) >= 11 is 0. The molecule has 0 amide bonds. The first-order chi connectivity index (χ1) is 11.4. The van der Waals surface area contributed by atoms with E-state index in [1.165, 1.54) is 44.1 Å². The van der Waals surface area contributed by atoms with E-state index in [2.05, 4.69) is 20.4 Å². The molecule has 4 fully saturated rings. The van der Waals surface area contributed by atoms with Crippen molar-refractivity contribution in [1.82, 2.24) is 0 Å². The fourth-order valence-corrected chi connectivity index (χ4v) is 7.89. The number of hydrogen-bond acceptors (Lipinski definition) is 1. The molecule has 0 aliphatic heterocycles. The molecule has 1 nitrogen and oxygen atoms in total. The maximum atomic E-state index is 13.2. The molecule has 8 atom stereocenters. The fraction of sp³-hybridized carbons (Fsp3) is 0.909. The van der Waals surface area contributed by atoms with Crippen molar-refractivity contribution in [3.63, 3.8) is 0 Å². The molecule has 4 aliphatic carbocycles. The summed E-state index contributed by atoms with van der Waals surface area (Å²) in [5.74, 6) is 4.65. The van der Waals surface area contributed by atoms with Crippen LogP contribution in [0.3, 0.4) is 0 Å². The van der Waals surface area contributed by atoms with Crippen LogP contribution in [0.2, 0.25) is 0 Å². The van der Waals surface area contributed by atoms with Crippen LogP contribution < -0.4 is 0 Å². The van der Waals surface area contributed by atoms with Gasteiger partial charge in [0.05, 0.1) is 5.60 Å². The minimum atomic E-state index is -1.00. The molecule has 136 valence electrons. The van der Waals surface area contributed by atoms with Crippen LogP contribution in [0.1, 0.15) is 71.6 Å². The van der Waals surface area contributed by atoms with Crippen LogP contribution in [0, 0.1) is 40.9 Å². The molecular weight excluding hydrogens is 299 g/mol. The van der Waals surface area contributed by atoms with Crippen LogP contribution >= 0.6 is 0 Å². The summed E-state index contributed by atoms with van der Waals surface area (Å²) in [7, 11) is 0. The number of aliphatic hydroxyl groups is 1. The Balaban J connectivity index is 1.54. The molecule has 0 radical (unpaired) electrons. The number of allylic oxidation sites excluding steroid dienone is 1. The number of hydrogen-bond donors (Lipinski definition) is 1. The molecular formula is C22H35FO. The third-order valence-electron chi connectivity index (χ3n) is 8.95. The van der Waals surface area contributed by atoms with Gasteiger partial charge in [0, 0.05) is 0 Å². The fourth-order valence-electron chi connectivity index (χ4n) is 7.89. The molecule has 0 saturated heterocycles. The summed E-state index contributed by atoms with van der Waals surface area (Å²) in [6.07, 6.45) is 10.4. The Hall–Kier alpha value is -0.370. The van der Waals surface area contributed by atoms with Crippen LogP contribution in [-0.2, 0) is 0 Å². The largest absolute Gasteiger partial charge is 0.387 e. The second kappa shape index (κ2) is 5.83. The maximum Gasteiger partial charge on any atom is 0.118 e. The van der Waals surface area contributed by atoms with E-state index in [1.807, 2.05) is 0 Å². The summed E-state index contributed by atoms with van der Waals surface area (Å²) in [5.41, 5.74) is 0.877. The summed E-state index contributed by atoms with van der Waals surface area (Å²) in [6, 6.07) is 0. The van der Waals surface area contributed by atoms with E-state index in [9.17, 15) is 9.50 Å². The van der Waals surface area contributed by atoms with Crippen molar-refractivity contribution in [3.8, 4) is 0 Å². The zero-order valence-corrected chi connectivity index (χ0v) is 15.6. The Labute approximate surface area is 147 Å². The zero-order chi connectivity index (χ0) is 17.1. The highest BCUT2D eigenvalue weighted by atomic mass is 19.1. The Morgan fingerprint density at radius 1 is 1.04 bits per heavy atom. The van der Waals surface area contributed by atoms with Gasteiger partial charge in [-0.25, -0.2) is 4.39 Å². The first-order valence-corrected chi connectivity index (χ1v) is 10.3. The van der Waals surface area contributed by atoms with Gasteiger partial charge in [-0.05, 0) is 106 Å². The van der Waals surface area contributed by atoms with Crippen molar-refractivity contribution >= 4 is 0 Å². The first kappa shape index (κ1) is 17.1. The van der Waals surface area contributed by atoms with Gasteiger partial charge in [-0.15, -0.1) is 0 Å². The summed E-state index contributed by atoms with van der Waals surface area (Å²) in [5, 5.41) is 10.4. The van der Waals surface area contributed by atoms with Crippen LogP contribution in [0.15, 0.2) is 12.2 Å². The molecule has 0 aromatic heterocycles. The van der Waals surface area contributed by atoms with Gasteiger partial charge < -0.3 is 5.11 Å². The van der Waals surface area contributed by atoms with E-state index in [-0.39, 0.29) is 0 Å². The lowest BCUT2D eigenvalue weighted by Crippen LogP contribution is -2.51. The molecule has 4 aliphatic rings. The molecule has 0 bridgehead atoms. The highest BCUT2D eigenvalue weighted by molar-refractivity contribution is 5.14. The third-order valence-corrected chi connectivity index (χ3v) is 8.95. The van der Waals surface area contributed by atoms with Crippen LogP contribution in [-0.4, -0.2) is 17.4 Å². The summed E-state index contributed by atoms with van der Waals surface area (Å²) < 4.78 is 13.2. The van der Waals surface area contributed by atoms with Gasteiger partial charge in [-0.2, -0.15) is 0 Å². The van der Waals surface area contributed by atoms with E-state index >= 15 is 0 Å². The van der Waals surface area contributed by atoms with Crippen LogP contribution in [0.25, 0.3) is 0 Å². The number of fused-ring (bicyclic) bond motifs is 5. The molecule has 4 rings (SSSR count). The van der Waals surface area contributed by atoms with Gasteiger partial charge in [-0.1, -0.05) is 19.1 Å². The lowest BCUT2D eigenvalue weighted by atomic mass is 9.49. The minimum absolute atomic E-state index is 0.480. The number of halogens is 1. The third kappa shape index (κ3) is 2.42. The molecule has 0 unspecified atom stereocenters. The minimum Gasteiger partial charge on any atom is -0.387 e. The quantitative estimate of drug-likeness (QED) is 0.658. The van der Waals surface area contributed by atoms with Crippen LogP contribution in [0.4, 0.5) is 4.39 Å². The Kier molecular flexibility index (Phi) is 4.14. The number of alkyl halides is 1. The predicted molar refractivity (Wildman–Crippen MR) is 96.3 cm³/mol. The highest BCUT2D eigenvalue weighted by Gasteiger charge is 2.57. The Morgan fingerprint density at radius 2 is 1.79 bits per heavy atom. The van der Waals surface area contributed by atoms with Crippen molar-refractivity contribution in [3.05, 3.63) is 12.2 Å². The predicted octanol–water partition coefficient (Wildman–Crippen LogP) is 5.53. The van der Waals surface area contributed by atoms with Crippen molar-refractivity contribution in [2.45, 2.75) is 77.2 Å². The Bertz CT molecular complexity index is 516. The average Bonchev–Trinajstić information content (AvgIpc) is 2.91. The lowest BCUT2D eigenvalue weighted by molar-refractivity contribution is -0.110. The van der Waals surface area contributed by atoms with E-state index in [0.717, 1.165) is 36.0 Å². The lowest BCUT2D eigenvalue weighted by Gasteiger charge is -2.57. The van der Waals surface area contributed by atoms with Gasteiger partial charge in [0.2, 0.25) is 0 Å². The molecule has 0 aromatic rings. The molecule has 1 N–H and O–H groups in total. The monoisotopic (exact) mass is 334 g/mol. The topological polar surface area (TPSA) is 20.2 Å². The summed E-state index contributed by atoms with van der Waals surface area (Å²) in [6.45, 7) is 8.54. The molecule has 4 saturated carbocycles. The smallest absolute Gasteiger partial charge is 0.118 e. The van der Waals surface area contributed by atoms with Gasteiger partial charge in [0.15, 0.2) is 0 Å². The average molecular weight is 335 g/mol. The number of rotatable bonds is 2. The highest BCUT2D eigenvalue weighted by Crippen LogP contribution is 2.65. The van der Waals surface area contributed by atoms with Crippen molar-refractivity contribution in [2.24, 2.45) is 40.9 Å². The van der Waals surface area contributed by atoms with Gasteiger partial charge in [0.25, 0.3) is 0 Å². The molecule has 2 heteroatoms. The first-order valence-electron chi connectivity index (χ1n) is 10.3. The van der Waals surface area contributed by atoms with Gasteiger partial charge in [0.1, 0.15) is 6.67 Å². The van der Waals surface area contributed by atoms with Gasteiger partial charge in [-0.3, -0.25) is 0 Å². The molecule has 0 aromatic carbocycles. The molecule has 0 spiro atoms. The van der Waals surface area contributed by atoms with Crippen LogP contribution in [0.5, 0.6) is 0 Å². The Morgan fingerprint density at radius 3 is 2.50 bits per heavy atom. The summed E-state index contributed by atoms with van der Waals surface area (Å²) in [4.78, 5) is 0. The van der Waals surface area contributed by atoms with Crippen molar-refractivity contribution in [1.29, 1.82) is 0 Å². The van der Waals surface area contributed by atoms with Crippen molar-refractivity contribution in [2.75, 3.05) is 6.67 Å². The zero-order valence-electron chi connectivity index (χ0n) is 15.6. The van der Waals surface area contributed by atoms with E-state index < -0.39 is 12.3 Å². The van der Waals surface area contributed by atoms with Crippen molar-refractivity contribution < 1.29 is 9.50 Å². The van der Waals surface area contributed by atoms with E-state index in [0.29, 0.717) is 24.2 Å². The SMILES string of the molecule is C=C(C)[C@H]1CC[C@H]2[C@@H]3CC[C@@H]4C[C@@](O)(CF)CC[C@@H]4[C@H]3CC[C@]12C.